The fourth-order valence-electron chi connectivity index (χ4n) is 10.9. The first-order valence-corrected chi connectivity index (χ1v) is 44.8. The molecule has 4 N–H and O–H groups in total. The normalized spacial score (nSPS) is 14.7. The molecule has 0 rings (SSSR count). The number of phosphoric ester groups is 2. The predicted octanol–water partition coefficient (Wildman–Crippen LogP) is 25.0. The van der Waals surface area contributed by atoms with Crippen molar-refractivity contribution >= 4 is 33.6 Å². The number of allylic oxidation sites excluding steroid dienone is 26. The maximum Gasteiger partial charge on any atom is 0.472 e. The summed E-state index contributed by atoms with van der Waals surface area (Å²) < 4.78 is 61.3. The van der Waals surface area contributed by atoms with Crippen molar-refractivity contribution in [2.45, 2.75) is 347 Å². The van der Waals surface area contributed by atoms with Crippen LogP contribution in [0.3, 0.4) is 0 Å². The summed E-state index contributed by atoms with van der Waals surface area (Å²) >= 11 is 0. The highest BCUT2D eigenvalue weighted by Crippen LogP contribution is 2.45. The predicted molar refractivity (Wildman–Crippen MR) is 445 cm³/mol. The van der Waals surface area contributed by atoms with E-state index in [1.165, 1.54) is 109 Å². The third kappa shape index (κ3) is 82.0. The van der Waals surface area contributed by atoms with Gasteiger partial charge in [-0.15, -0.1) is 0 Å². The Morgan fingerprint density at radius 2 is 0.495 bits per heavy atom. The van der Waals surface area contributed by atoms with Crippen LogP contribution in [0.25, 0.3) is 0 Å². The van der Waals surface area contributed by atoms with Crippen LogP contribution in [0.15, 0.2) is 158 Å². The lowest BCUT2D eigenvalue weighted by Crippen LogP contribution is -2.30. The standard InChI is InChI=1S/C89H150O16P2/c1-4-7-10-13-16-19-22-25-28-31-33-35-37-39-40-41-42-44-46-47-49-52-54-57-60-63-66-69-72-75-87(92)99-78-84(90)79-101-106(95,96)102-80-85(91)81-103-107(97,98)104-83-86(105-89(94)77-74-71-68-65-62-59-56-51-30-27-24-21-18-15-12-9-6-3)82-100-88(93)76-73-70-67-64-61-58-55-53-50-48-45-43-38-36-34-32-29-26-23-20-17-14-11-8-5-2/h7,9-10,12,16-21,25-30,33-36,39-40,43,45,56,59,84-86,90-91H,4-6,8,11,13-15,22-24,31-32,37-38,41-42,44,46-55,57-58,60-83H2,1-3H3,(H,95,96)(H,97,98)/b10-7-,12-9-,19-16-,20-17-,21-18-,28-25-,29-26-,30-27-,35-33-,36-34-,40-39-,45-43-,59-56-. The summed E-state index contributed by atoms with van der Waals surface area (Å²) in [6.45, 7) is 2.40. The van der Waals surface area contributed by atoms with Gasteiger partial charge in [0.15, 0.2) is 6.10 Å². The van der Waals surface area contributed by atoms with Crippen LogP contribution in [0.1, 0.15) is 329 Å². The molecule has 0 heterocycles. The van der Waals surface area contributed by atoms with Gasteiger partial charge in [0.1, 0.15) is 25.4 Å². The highest BCUT2D eigenvalue weighted by molar-refractivity contribution is 7.47. The maximum absolute atomic E-state index is 13.0. The first kappa shape index (κ1) is 102. The topological polar surface area (TPSA) is 231 Å². The molecule has 612 valence electrons. The Morgan fingerprint density at radius 1 is 0.271 bits per heavy atom. The Bertz CT molecular complexity index is 2580. The van der Waals surface area contributed by atoms with E-state index in [0.717, 1.165) is 161 Å². The maximum atomic E-state index is 13.0. The molecule has 18 heteroatoms. The number of carbonyl (C=O) groups excluding carboxylic acids is 3. The minimum absolute atomic E-state index is 0.0711. The molecular formula is C89H150O16P2. The summed E-state index contributed by atoms with van der Waals surface area (Å²) in [5.74, 6) is -1.61. The van der Waals surface area contributed by atoms with Crippen LogP contribution >= 0.6 is 15.6 Å². The smallest absolute Gasteiger partial charge is 0.463 e. The fraction of sp³-hybridized carbons (Fsp3) is 0.674. The van der Waals surface area contributed by atoms with E-state index in [4.69, 9.17) is 32.3 Å². The number of ether oxygens (including phenoxy) is 3. The molecule has 0 aliphatic heterocycles. The molecule has 0 saturated heterocycles. The number of esters is 3. The molecule has 0 aromatic rings. The SMILES string of the molecule is CC/C=C\C/C=C\C/C=C\C/C=C\C/C=C\CCCCCCCCCCCCCCCC(=O)OCC(O)COP(=O)(O)OCC(O)COP(=O)(O)OCC(COC(=O)CCCCCCCCCCC/C=C\C/C=C\C/C=C\C/C=C\CCCCC)OC(=O)CCCCCC/C=C\C/C=C\C/C=C\C/C=C\CC. The lowest BCUT2D eigenvalue weighted by molar-refractivity contribution is -0.161. The summed E-state index contributed by atoms with van der Waals surface area (Å²) in [6, 6.07) is 0. The van der Waals surface area contributed by atoms with Gasteiger partial charge in [0, 0.05) is 19.3 Å². The second kappa shape index (κ2) is 80.7. The number of phosphoric acid groups is 2. The zero-order chi connectivity index (χ0) is 78.0. The molecule has 0 bridgehead atoms. The average molecular weight is 1540 g/mol. The largest absolute Gasteiger partial charge is 0.472 e. The molecule has 5 unspecified atom stereocenters. The molecule has 0 aliphatic carbocycles. The van der Waals surface area contributed by atoms with Crippen LogP contribution in [0.2, 0.25) is 0 Å². The Hall–Kier alpha value is -4.83. The van der Waals surface area contributed by atoms with Crippen molar-refractivity contribution in [3.05, 3.63) is 158 Å². The van der Waals surface area contributed by atoms with E-state index < -0.39 is 91.5 Å². The Kier molecular flexibility index (Phi) is 77.0. The number of rotatable bonds is 78. The first-order valence-electron chi connectivity index (χ1n) is 41.8. The number of aliphatic hydroxyl groups excluding tert-OH is 2. The second-order valence-electron chi connectivity index (χ2n) is 27.5. The van der Waals surface area contributed by atoms with Gasteiger partial charge in [-0.1, -0.05) is 320 Å². The number of hydrogen-bond acceptors (Lipinski definition) is 14. The molecule has 0 aromatic heterocycles. The highest BCUT2D eigenvalue weighted by atomic mass is 31.2. The summed E-state index contributed by atoms with van der Waals surface area (Å²) in [7, 11) is -9.81. The Morgan fingerprint density at radius 3 is 0.785 bits per heavy atom. The zero-order valence-corrected chi connectivity index (χ0v) is 68.8. The van der Waals surface area contributed by atoms with Gasteiger partial charge in [-0.05, 0) is 148 Å². The van der Waals surface area contributed by atoms with Crippen molar-refractivity contribution < 1.29 is 75.8 Å². The molecule has 0 spiro atoms. The summed E-state index contributed by atoms with van der Waals surface area (Å²) in [5.41, 5.74) is 0. The molecule has 0 saturated carbocycles. The minimum Gasteiger partial charge on any atom is -0.463 e. The van der Waals surface area contributed by atoms with E-state index in [1.54, 1.807) is 0 Å². The average Bonchev–Trinajstić information content (AvgIpc) is 0.908. The van der Waals surface area contributed by atoms with Gasteiger partial charge >= 0.3 is 33.6 Å². The molecule has 5 atom stereocenters. The highest BCUT2D eigenvalue weighted by Gasteiger charge is 2.29. The molecule has 0 fully saturated rings. The second-order valence-corrected chi connectivity index (χ2v) is 30.4. The van der Waals surface area contributed by atoms with Crippen LogP contribution in [0.5, 0.6) is 0 Å². The van der Waals surface area contributed by atoms with Crippen molar-refractivity contribution in [2.75, 3.05) is 39.6 Å². The van der Waals surface area contributed by atoms with Crippen molar-refractivity contribution in [3.8, 4) is 0 Å². The molecule has 0 radical (unpaired) electrons. The van der Waals surface area contributed by atoms with Crippen molar-refractivity contribution in [1.29, 1.82) is 0 Å². The molecule has 16 nitrogen and oxygen atoms in total. The third-order valence-corrected chi connectivity index (χ3v) is 19.1. The van der Waals surface area contributed by atoms with Gasteiger partial charge in [-0.2, -0.15) is 0 Å². The van der Waals surface area contributed by atoms with Crippen LogP contribution in [-0.4, -0.2) is 95.9 Å². The lowest BCUT2D eigenvalue weighted by Gasteiger charge is -2.21. The summed E-state index contributed by atoms with van der Waals surface area (Å²) in [4.78, 5) is 58.8. The van der Waals surface area contributed by atoms with E-state index in [9.17, 15) is 43.5 Å². The molecule has 0 aromatic carbocycles. The first-order chi connectivity index (χ1) is 52.2. The number of unbranched alkanes of at least 4 members (excludes halogenated alkanes) is 29. The van der Waals surface area contributed by atoms with E-state index >= 15 is 0 Å². The third-order valence-electron chi connectivity index (χ3n) is 17.2. The summed E-state index contributed by atoms with van der Waals surface area (Å²) in [5, 5.41) is 20.7. The number of carbonyl (C=O) groups is 3. The van der Waals surface area contributed by atoms with Gasteiger partial charge < -0.3 is 34.2 Å². The van der Waals surface area contributed by atoms with Crippen molar-refractivity contribution in [2.24, 2.45) is 0 Å². The van der Waals surface area contributed by atoms with Gasteiger partial charge in [0.05, 0.1) is 26.4 Å². The number of hydrogen-bond donors (Lipinski definition) is 4. The molecule has 107 heavy (non-hydrogen) atoms. The van der Waals surface area contributed by atoms with Gasteiger partial charge in [-0.25, -0.2) is 9.13 Å². The zero-order valence-electron chi connectivity index (χ0n) is 67.0. The van der Waals surface area contributed by atoms with Crippen molar-refractivity contribution in [3.63, 3.8) is 0 Å². The quantitative estimate of drug-likeness (QED) is 0.0146. The van der Waals surface area contributed by atoms with E-state index in [1.807, 2.05) is 0 Å². The van der Waals surface area contributed by atoms with E-state index in [-0.39, 0.29) is 19.3 Å². The van der Waals surface area contributed by atoms with Crippen LogP contribution in [0.4, 0.5) is 0 Å². The van der Waals surface area contributed by atoms with E-state index in [2.05, 4.69) is 179 Å². The molecule has 0 amide bonds. The summed E-state index contributed by atoms with van der Waals surface area (Å²) in [6.07, 6.45) is 101. The lowest BCUT2D eigenvalue weighted by atomic mass is 10.0. The molecular weight excluding hydrogens is 1390 g/mol. The van der Waals surface area contributed by atoms with Crippen LogP contribution < -0.4 is 0 Å². The monoisotopic (exact) mass is 1540 g/mol. The van der Waals surface area contributed by atoms with Crippen LogP contribution in [0, 0.1) is 0 Å². The minimum atomic E-state index is -4.95. The van der Waals surface area contributed by atoms with Gasteiger partial charge in [0.25, 0.3) is 0 Å². The van der Waals surface area contributed by atoms with Gasteiger partial charge in [-0.3, -0.25) is 32.5 Å². The fourth-order valence-corrected chi connectivity index (χ4v) is 12.5. The van der Waals surface area contributed by atoms with Crippen LogP contribution in [-0.2, 0) is 55.8 Å². The Labute approximate surface area is 650 Å². The molecule has 0 aliphatic rings. The van der Waals surface area contributed by atoms with Gasteiger partial charge in [0.2, 0.25) is 0 Å². The van der Waals surface area contributed by atoms with E-state index in [0.29, 0.717) is 19.3 Å². The van der Waals surface area contributed by atoms with Crippen molar-refractivity contribution in [1.82, 2.24) is 0 Å². The number of aliphatic hydroxyl groups is 2. The Balaban J connectivity index is 4.59.